The van der Waals surface area contributed by atoms with Gasteiger partial charge in [-0.05, 0) is 23.8 Å². The fourth-order valence-corrected chi connectivity index (χ4v) is 3.80. The average Bonchev–Trinajstić information content (AvgIpc) is 3.28. The number of hydrogen-bond acceptors (Lipinski definition) is 6. The van der Waals surface area contributed by atoms with Crippen LogP contribution in [-0.4, -0.2) is 42.5 Å². The maximum Gasteiger partial charge on any atom is 0.131 e. The van der Waals surface area contributed by atoms with Crippen molar-refractivity contribution in [3.63, 3.8) is 0 Å². The Balaban J connectivity index is 1.74. The molecular formula is C21H20FN5O. The molecule has 0 saturated carbocycles. The van der Waals surface area contributed by atoms with E-state index in [1.807, 2.05) is 30.5 Å². The molecule has 0 bridgehead atoms. The average molecular weight is 377 g/mol. The Morgan fingerprint density at radius 1 is 1.11 bits per heavy atom. The SMILES string of the molecule is Fc1ccccc1-c1cc(N2CCOCC2)nc2c([C@@H]3CC=NN3)nccc12. The zero-order valence-corrected chi connectivity index (χ0v) is 15.3. The number of nitrogens with one attached hydrogen (secondary N) is 1. The summed E-state index contributed by atoms with van der Waals surface area (Å²) >= 11 is 0. The van der Waals surface area contributed by atoms with Crippen molar-refractivity contribution in [1.82, 2.24) is 15.4 Å². The molecule has 1 aromatic carbocycles. The first-order valence-corrected chi connectivity index (χ1v) is 9.45. The molecule has 2 aromatic heterocycles. The first-order valence-electron chi connectivity index (χ1n) is 9.45. The number of hydrazone groups is 1. The highest BCUT2D eigenvalue weighted by atomic mass is 19.1. The summed E-state index contributed by atoms with van der Waals surface area (Å²) in [6.45, 7) is 2.84. The van der Waals surface area contributed by atoms with Crippen LogP contribution in [0.1, 0.15) is 18.2 Å². The van der Waals surface area contributed by atoms with Gasteiger partial charge in [-0.3, -0.25) is 4.98 Å². The van der Waals surface area contributed by atoms with E-state index in [4.69, 9.17) is 9.72 Å². The molecule has 28 heavy (non-hydrogen) atoms. The summed E-state index contributed by atoms with van der Waals surface area (Å²) in [5, 5.41) is 5.01. The van der Waals surface area contributed by atoms with Crippen LogP contribution in [0.2, 0.25) is 0 Å². The van der Waals surface area contributed by atoms with E-state index in [1.165, 1.54) is 6.07 Å². The molecule has 4 heterocycles. The Kier molecular flexibility index (Phi) is 4.37. The predicted molar refractivity (Wildman–Crippen MR) is 107 cm³/mol. The lowest BCUT2D eigenvalue weighted by atomic mass is 9.98. The molecule has 7 heteroatoms. The Morgan fingerprint density at radius 3 is 2.75 bits per heavy atom. The van der Waals surface area contributed by atoms with Crippen LogP contribution in [0.4, 0.5) is 10.2 Å². The van der Waals surface area contributed by atoms with Crippen LogP contribution in [0.25, 0.3) is 22.0 Å². The second-order valence-electron chi connectivity index (χ2n) is 6.93. The lowest BCUT2D eigenvalue weighted by molar-refractivity contribution is 0.122. The summed E-state index contributed by atoms with van der Waals surface area (Å²) in [7, 11) is 0. The molecule has 5 rings (SSSR count). The van der Waals surface area contributed by atoms with Gasteiger partial charge in [0, 0.05) is 42.9 Å². The topological polar surface area (TPSA) is 62.6 Å². The molecule has 142 valence electrons. The Morgan fingerprint density at radius 2 is 1.96 bits per heavy atom. The lowest BCUT2D eigenvalue weighted by Crippen LogP contribution is -2.36. The van der Waals surface area contributed by atoms with E-state index in [1.54, 1.807) is 12.3 Å². The minimum absolute atomic E-state index is 0.0235. The number of morpholine rings is 1. The summed E-state index contributed by atoms with van der Waals surface area (Å²) in [5.41, 5.74) is 6.11. The van der Waals surface area contributed by atoms with E-state index in [2.05, 4.69) is 20.4 Å². The molecule has 2 aliphatic rings. The molecule has 0 radical (unpaired) electrons. The van der Waals surface area contributed by atoms with Crippen molar-refractivity contribution in [3.05, 3.63) is 54.1 Å². The third-order valence-electron chi connectivity index (χ3n) is 5.23. The highest BCUT2D eigenvalue weighted by Gasteiger charge is 2.23. The number of rotatable bonds is 3. The van der Waals surface area contributed by atoms with Crippen LogP contribution in [0.3, 0.4) is 0 Å². The van der Waals surface area contributed by atoms with Crippen molar-refractivity contribution in [3.8, 4) is 11.1 Å². The largest absolute Gasteiger partial charge is 0.378 e. The Labute approximate surface area is 162 Å². The molecular weight excluding hydrogens is 357 g/mol. The van der Waals surface area contributed by atoms with Crippen LogP contribution in [0.15, 0.2) is 47.7 Å². The molecule has 0 unspecified atom stereocenters. The van der Waals surface area contributed by atoms with E-state index in [-0.39, 0.29) is 11.9 Å². The number of hydrogen-bond donors (Lipinski definition) is 1. The number of halogens is 1. The molecule has 1 atom stereocenters. The molecule has 1 N–H and O–H groups in total. The van der Waals surface area contributed by atoms with Gasteiger partial charge < -0.3 is 15.1 Å². The van der Waals surface area contributed by atoms with Crippen LogP contribution in [-0.2, 0) is 4.74 Å². The van der Waals surface area contributed by atoms with Gasteiger partial charge in [-0.2, -0.15) is 5.10 Å². The fraction of sp³-hybridized carbons (Fsp3) is 0.286. The van der Waals surface area contributed by atoms with E-state index in [9.17, 15) is 4.39 Å². The number of fused-ring (bicyclic) bond motifs is 1. The maximum atomic E-state index is 14.7. The van der Waals surface area contributed by atoms with Crippen molar-refractivity contribution >= 4 is 22.9 Å². The zero-order valence-electron chi connectivity index (χ0n) is 15.3. The molecule has 2 aliphatic heterocycles. The predicted octanol–water partition coefficient (Wildman–Crippen LogP) is 3.29. The van der Waals surface area contributed by atoms with Gasteiger partial charge in [0.2, 0.25) is 0 Å². The monoisotopic (exact) mass is 377 g/mol. The van der Waals surface area contributed by atoms with Gasteiger partial charge in [-0.1, -0.05) is 18.2 Å². The van der Waals surface area contributed by atoms with Gasteiger partial charge in [-0.15, -0.1) is 0 Å². The van der Waals surface area contributed by atoms with Gasteiger partial charge in [0.15, 0.2) is 0 Å². The first-order chi connectivity index (χ1) is 13.8. The lowest BCUT2D eigenvalue weighted by Gasteiger charge is -2.29. The third-order valence-corrected chi connectivity index (χ3v) is 5.23. The molecule has 1 saturated heterocycles. The van der Waals surface area contributed by atoms with E-state index >= 15 is 0 Å². The van der Waals surface area contributed by atoms with Gasteiger partial charge in [0.1, 0.15) is 11.6 Å². The fourth-order valence-electron chi connectivity index (χ4n) is 3.80. The second kappa shape index (κ2) is 7.16. The summed E-state index contributed by atoms with van der Waals surface area (Å²) in [6, 6.07) is 10.7. The molecule has 6 nitrogen and oxygen atoms in total. The molecule has 0 spiro atoms. The number of ether oxygens (including phenoxy) is 1. The normalized spacial score (nSPS) is 19.2. The number of benzene rings is 1. The van der Waals surface area contributed by atoms with Gasteiger partial charge >= 0.3 is 0 Å². The molecule has 1 fully saturated rings. The Hall–Kier alpha value is -3.06. The van der Waals surface area contributed by atoms with Crippen LogP contribution < -0.4 is 10.3 Å². The number of pyridine rings is 2. The molecule has 0 amide bonds. The van der Waals surface area contributed by atoms with E-state index < -0.39 is 0 Å². The van der Waals surface area contributed by atoms with Crippen molar-refractivity contribution < 1.29 is 9.13 Å². The Bertz CT molecular complexity index is 1040. The third kappa shape index (κ3) is 2.97. The summed E-state index contributed by atoms with van der Waals surface area (Å²) < 4.78 is 20.2. The summed E-state index contributed by atoms with van der Waals surface area (Å²) in [5.74, 6) is 0.575. The molecule has 0 aliphatic carbocycles. The smallest absolute Gasteiger partial charge is 0.131 e. The second-order valence-corrected chi connectivity index (χ2v) is 6.93. The number of anilines is 1. The minimum atomic E-state index is -0.247. The van der Waals surface area contributed by atoms with Crippen LogP contribution in [0.5, 0.6) is 0 Å². The van der Waals surface area contributed by atoms with Crippen LogP contribution >= 0.6 is 0 Å². The van der Waals surface area contributed by atoms with Crippen LogP contribution in [0, 0.1) is 5.82 Å². The van der Waals surface area contributed by atoms with Crippen molar-refractivity contribution in [2.75, 3.05) is 31.2 Å². The van der Waals surface area contributed by atoms with Gasteiger partial charge in [0.05, 0.1) is 30.5 Å². The van der Waals surface area contributed by atoms with Crippen molar-refractivity contribution in [1.29, 1.82) is 0 Å². The standard InChI is InChI=1S/C21H20FN5O/c22-17-4-2-1-3-14(17)16-13-19(27-9-11-28-12-10-27)25-20-15(16)5-7-23-21(20)18-6-8-24-26-18/h1-5,7-8,13,18,26H,6,9-12H2/t18-/m0/s1. The quantitative estimate of drug-likeness (QED) is 0.759. The van der Waals surface area contributed by atoms with Gasteiger partial charge in [-0.25, -0.2) is 9.37 Å². The minimum Gasteiger partial charge on any atom is -0.378 e. The first kappa shape index (κ1) is 17.1. The van der Waals surface area contributed by atoms with E-state index in [0.717, 1.165) is 47.5 Å². The highest BCUT2D eigenvalue weighted by Crippen LogP contribution is 2.35. The van der Waals surface area contributed by atoms with Crippen molar-refractivity contribution in [2.24, 2.45) is 5.10 Å². The summed E-state index contributed by atoms with van der Waals surface area (Å²) in [4.78, 5) is 11.7. The number of aromatic nitrogens is 2. The highest BCUT2D eigenvalue weighted by molar-refractivity contribution is 5.97. The maximum absolute atomic E-state index is 14.7. The number of nitrogens with zero attached hydrogens (tertiary/aromatic N) is 4. The molecule has 3 aromatic rings. The van der Waals surface area contributed by atoms with E-state index in [0.29, 0.717) is 18.8 Å². The summed E-state index contributed by atoms with van der Waals surface area (Å²) in [6.07, 6.45) is 4.36. The zero-order chi connectivity index (χ0) is 18.9. The van der Waals surface area contributed by atoms with Gasteiger partial charge in [0.25, 0.3) is 0 Å². The van der Waals surface area contributed by atoms with Crippen molar-refractivity contribution in [2.45, 2.75) is 12.5 Å².